The summed E-state index contributed by atoms with van der Waals surface area (Å²) in [4.78, 5) is 22.9. The van der Waals surface area contributed by atoms with Crippen LogP contribution in [0.4, 0.5) is 4.39 Å². The number of nitrogens with zero attached hydrogens (tertiary/aromatic N) is 5. The standard InChI is InChI=1S/C25H26FN5O2/c1-16-14-30(3)25(33)22(16)24(32)23-20(10-11-31-17(2)28-15-29-31)7-4-19(13-27-23)12-18-5-8-21(26)9-6-18/h5-9,13,15,32H,1,4,10-12,14H2,2-3H3/b24-22-. The molecular weight excluding hydrogens is 421 g/mol. The topological polar surface area (TPSA) is 83.6 Å². The number of aryl methyl sites for hydroxylation is 2. The molecule has 1 amide bonds. The molecule has 2 aliphatic heterocycles. The number of allylic oxidation sites excluding steroid dienone is 3. The van der Waals surface area contributed by atoms with Crippen LogP contribution in [0.3, 0.4) is 0 Å². The number of hydrogen-bond donors (Lipinski definition) is 1. The van der Waals surface area contributed by atoms with Crippen LogP contribution >= 0.6 is 0 Å². The number of carbonyl (C=O) groups excluding carboxylic acids is 1. The quantitative estimate of drug-likeness (QED) is 0.539. The van der Waals surface area contributed by atoms with Crippen molar-refractivity contribution in [3.63, 3.8) is 0 Å². The Hall–Kier alpha value is -3.81. The maximum absolute atomic E-state index is 13.3. The molecule has 8 heteroatoms. The molecule has 1 aromatic carbocycles. The minimum atomic E-state index is -0.275. The van der Waals surface area contributed by atoms with E-state index in [1.54, 1.807) is 30.1 Å². The van der Waals surface area contributed by atoms with Crippen LogP contribution in [0, 0.1) is 12.7 Å². The van der Waals surface area contributed by atoms with E-state index in [1.165, 1.54) is 23.4 Å². The summed E-state index contributed by atoms with van der Waals surface area (Å²) in [5.74, 6) is 0.0884. The molecule has 4 rings (SSSR count). The van der Waals surface area contributed by atoms with Gasteiger partial charge in [0.2, 0.25) is 0 Å². The number of aromatic nitrogens is 3. The number of carbonyl (C=O) groups is 1. The minimum Gasteiger partial charge on any atom is -0.505 e. The fraction of sp³-hybridized carbons (Fsp3) is 0.280. The largest absolute Gasteiger partial charge is 0.505 e. The van der Waals surface area contributed by atoms with Crippen LogP contribution in [-0.2, 0) is 17.8 Å². The number of likely N-dealkylation sites (tertiary alicyclic amines) is 1. The lowest BCUT2D eigenvalue weighted by Gasteiger charge is -2.12. The van der Waals surface area contributed by atoms with Gasteiger partial charge < -0.3 is 10.0 Å². The molecule has 0 atom stereocenters. The van der Waals surface area contributed by atoms with E-state index in [0.717, 1.165) is 22.5 Å². The van der Waals surface area contributed by atoms with E-state index >= 15 is 0 Å². The molecule has 0 spiro atoms. The zero-order valence-electron chi connectivity index (χ0n) is 18.8. The molecule has 2 aromatic rings. The van der Waals surface area contributed by atoms with Gasteiger partial charge in [0.25, 0.3) is 5.91 Å². The first kappa shape index (κ1) is 22.4. The summed E-state index contributed by atoms with van der Waals surface area (Å²) in [5, 5.41) is 15.4. The molecule has 1 saturated heterocycles. The summed E-state index contributed by atoms with van der Waals surface area (Å²) >= 11 is 0. The maximum Gasteiger partial charge on any atom is 0.258 e. The highest BCUT2D eigenvalue weighted by molar-refractivity contribution is 6.17. The Labute approximate surface area is 192 Å². The third-order valence-electron chi connectivity index (χ3n) is 5.84. The molecule has 1 N–H and O–H groups in total. The number of aliphatic hydroxyl groups excluding tert-OH is 1. The highest BCUT2D eigenvalue weighted by atomic mass is 19.1. The Kier molecular flexibility index (Phi) is 6.35. The molecule has 0 bridgehead atoms. The van der Waals surface area contributed by atoms with Gasteiger partial charge in [0.1, 0.15) is 23.7 Å². The van der Waals surface area contributed by atoms with Crippen LogP contribution in [0.5, 0.6) is 0 Å². The molecule has 0 aliphatic carbocycles. The average molecular weight is 448 g/mol. The summed E-state index contributed by atoms with van der Waals surface area (Å²) in [6.07, 6.45) is 7.03. The number of aliphatic imine (C=N–C) groups is 1. The Morgan fingerprint density at radius 1 is 1.27 bits per heavy atom. The Morgan fingerprint density at radius 3 is 2.67 bits per heavy atom. The lowest BCUT2D eigenvalue weighted by atomic mass is 9.97. The van der Waals surface area contributed by atoms with Crippen molar-refractivity contribution in [2.24, 2.45) is 4.99 Å². The van der Waals surface area contributed by atoms with E-state index in [-0.39, 0.29) is 23.1 Å². The fourth-order valence-corrected chi connectivity index (χ4v) is 3.99. The summed E-state index contributed by atoms with van der Waals surface area (Å²) in [7, 11) is 1.67. The zero-order chi connectivity index (χ0) is 23.5. The van der Waals surface area contributed by atoms with Crippen molar-refractivity contribution < 1.29 is 14.3 Å². The third kappa shape index (κ3) is 4.84. The molecule has 1 fully saturated rings. The molecule has 0 unspecified atom stereocenters. The van der Waals surface area contributed by atoms with Crippen LogP contribution in [0.1, 0.15) is 24.2 Å². The van der Waals surface area contributed by atoms with Crippen LogP contribution in [0.2, 0.25) is 0 Å². The first-order chi connectivity index (χ1) is 15.8. The van der Waals surface area contributed by atoms with E-state index in [1.807, 2.05) is 13.0 Å². The van der Waals surface area contributed by atoms with E-state index in [9.17, 15) is 14.3 Å². The third-order valence-corrected chi connectivity index (χ3v) is 5.84. The number of halogens is 1. The van der Waals surface area contributed by atoms with Crippen molar-refractivity contribution >= 4 is 11.6 Å². The second-order valence-electron chi connectivity index (χ2n) is 8.27. The summed E-state index contributed by atoms with van der Waals surface area (Å²) in [6, 6.07) is 6.38. The van der Waals surface area contributed by atoms with Gasteiger partial charge in [-0.05, 0) is 60.6 Å². The van der Waals surface area contributed by atoms with Crippen molar-refractivity contribution in [1.29, 1.82) is 0 Å². The first-order valence-electron chi connectivity index (χ1n) is 10.7. The summed E-state index contributed by atoms with van der Waals surface area (Å²) in [6.45, 7) is 6.76. The van der Waals surface area contributed by atoms with Crippen molar-refractivity contribution in [2.75, 3.05) is 13.6 Å². The van der Waals surface area contributed by atoms with E-state index in [0.29, 0.717) is 43.6 Å². The number of likely N-dealkylation sites (N-methyl/N-ethyl adjacent to an activating group) is 1. The molecule has 7 nitrogen and oxygen atoms in total. The van der Waals surface area contributed by atoms with Gasteiger partial charge in [0, 0.05) is 26.3 Å². The van der Waals surface area contributed by atoms with Crippen molar-refractivity contribution in [3.8, 4) is 0 Å². The van der Waals surface area contributed by atoms with Crippen molar-refractivity contribution in [3.05, 3.63) is 94.7 Å². The van der Waals surface area contributed by atoms with Crippen molar-refractivity contribution in [2.45, 2.75) is 32.7 Å². The zero-order valence-corrected chi connectivity index (χ0v) is 18.8. The second kappa shape index (κ2) is 9.36. The highest BCUT2D eigenvalue weighted by Gasteiger charge is 2.32. The fourth-order valence-electron chi connectivity index (χ4n) is 3.99. The maximum atomic E-state index is 13.3. The van der Waals surface area contributed by atoms with Crippen molar-refractivity contribution in [1.82, 2.24) is 19.7 Å². The van der Waals surface area contributed by atoms with Gasteiger partial charge in [0.05, 0.1) is 5.57 Å². The van der Waals surface area contributed by atoms with Gasteiger partial charge in [-0.25, -0.2) is 9.37 Å². The van der Waals surface area contributed by atoms with Gasteiger partial charge in [-0.2, -0.15) is 5.10 Å². The molecule has 170 valence electrons. The number of aliphatic hydroxyl groups is 1. The molecule has 33 heavy (non-hydrogen) atoms. The number of rotatable bonds is 6. The number of hydrogen-bond acceptors (Lipinski definition) is 5. The lowest BCUT2D eigenvalue weighted by Crippen LogP contribution is -2.21. The number of benzene rings is 1. The van der Waals surface area contributed by atoms with Crippen LogP contribution in [-0.4, -0.2) is 50.0 Å². The predicted molar refractivity (Wildman–Crippen MR) is 124 cm³/mol. The Balaban J connectivity index is 1.67. The van der Waals surface area contributed by atoms with Crippen LogP contribution < -0.4 is 0 Å². The predicted octanol–water partition coefficient (Wildman–Crippen LogP) is 3.85. The van der Waals surface area contributed by atoms with Gasteiger partial charge >= 0.3 is 0 Å². The molecule has 2 aliphatic rings. The lowest BCUT2D eigenvalue weighted by molar-refractivity contribution is -0.123. The molecular formula is C25H26FN5O2. The SMILES string of the molecule is C=C1CN(C)C(=O)/C1=C(\O)C1=NC=C(Cc2ccc(F)cc2)CC=C1CCn1ncnc1C. The van der Waals surface area contributed by atoms with E-state index in [2.05, 4.69) is 21.7 Å². The molecule has 0 radical (unpaired) electrons. The molecule has 3 heterocycles. The monoisotopic (exact) mass is 447 g/mol. The molecule has 1 aromatic heterocycles. The second-order valence-corrected chi connectivity index (χ2v) is 8.27. The summed E-state index contributed by atoms with van der Waals surface area (Å²) in [5.41, 5.74) is 3.93. The van der Waals surface area contributed by atoms with Gasteiger partial charge in [0.15, 0.2) is 5.76 Å². The molecule has 0 saturated carbocycles. The van der Waals surface area contributed by atoms with E-state index < -0.39 is 0 Å². The highest BCUT2D eigenvalue weighted by Crippen LogP contribution is 2.28. The first-order valence-corrected chi connectivity index (χ1v) is 10.7. The van der Waals surface area contributed by atoms with E-state index in [4.69, 9.17) is 0 Å². The average Bonchev–Trinajstić information content (AvgIpc) is 3.22. The smallest absolute Gasteiger partial charge is 0.258 e. The van der Waals surface area contributed by atoms with Gasteiger partial charge in [-0.1, -0.05) is 24.8 Å². The van der Waals surface area contributed by atoms with Gasteiger partial charge in [-0.3, -0.25) is 14.5 Å². The Morgan fingerprint density at radius 2 is 2.03 bits per heavy atom. The summed E-state index contributed by atoms with van der Waals surface area (Å²) < 4.78 is 15.0. The van der Waals surface area contributed by atoms with Crippen LogP contribution in [0.25, 0.3) is 0 Å². The van der Waals surface area contributed by atoms with Crippen LogP contribution in [0.15, 0.2) is 82.5 Å². The Bertz CT molecular complexity index is 1220. The normalized spacial score (nSPS) is 18.2. The minimum absolute atomic E-state index is 0.157. The van der Waals surface area contributed by atoms with Gasteiger partial charge in [-0.15, -0.1) is 0 Å². The number of amides is 1.